The minimum atomic E-state index is -1.17. The third-order valence-corrected chi connectivity index (χ3v) is 12.8. The molecule has 53 heavy (non-hydrogen) atoms. The molecule has 0 radical (unpaired) electrons. The van der Waals surface area contributed by atoms with E-state index in [1.807, 2.05) is 34.6 Å². The van der Waals surface area contributed by atoms with E-state index in [-0.39, 0.29) is 54.4 Å². The Balaban J connectivity index is 1.24. The molecule has 6 atom stereocenters. The van der Waals surface area contributed by atoms with Crippen molar-refractivity contribution in [2.75, 3.05) is 13.1 Å². The third kappa shape index (κ3) is 8.13. The van der Waals surface area contributed by atoms with Crippen LogP contribution in [0.15, 0.2) is 30.3 Å². The van der Waals surface area contributed by atoms with Crippen LogP contribution in [0.2, 0.25) is 0 Å². The molecule has 6 rings (SSSR count). The standard InChI is InChI=1S/C40H56N6O7/c1-38(2,3)28(22-45-29(47)19-39(4,5)20-30(45)48)43-37(53)44-31(24-12-7-6-8-13-24)36(52)46-21-26-25(14-15-40(26)16-17-40)32(46)35(51)42-27(33(49)34(41)50)18-23-10-9-11-23/h6-8,12-13,23,25-28,31-32H,9-11,14-22H2,1-5H3,(H2,41,50)(H,42,51)(H2,43,44,53)/t25-,26-,27?,28+,31-,32-/m0/s1. The maximum atomic E-state index is 14.8. The first-order valence-corrected chi connectivity index (χ1v) is 19.3. The van der Waals surface area contributed by atoms with Crippen LogP contribution in [0.1, 0.15) is 110 Å². The molecule has 5 aliphatic rings. The van der Waals surface area contributed by atoms with E-state index < -0.39 is 64.5 Å². The van der Waals surface area contributed by atoms with Gasteiger partial charge in [-0.05, 0) is 71.7 Å². The van der Waals surface area contributed by atoms with E-state index in [2.05, 4.69) is 16.0 Å². The molecular weight excluding hydrogens is 676 g/mol. The Labute approximate surface area is 311 Å². The van der Waals surface area contributed by atoms with Gasteiger partial charge < -0.3 is 26.6 Å². The zero-order chi connectivity index (χ0) is 38.5. The molecule has 2 aliphatic heterocycles. The van der Waals surface area contributed by atoms with Crippen molar-refractivity contribution in [2.24, 2.45) is 39.7 Å². The molecule has 3 aliphatic carbocycles. The fraction of sp³-hybridized carbons (Fsp3) is 0.675. The fourth-order valence-corrected chi connectivity index (χ4v) is 9.19. The molecule has 1 unspecified atom stereocenters. The van der Waals surface area contributed by atoms with Gasteiger partial charge in [0.2, 0.25) is 23.5 Å². The number of amides is 7. The smallest absolute Gasteiger partial charge is 0.316 e. The van der Waals surface area contributed by atoms with Crippen molar-refractivity contribution in [1.82, 2.24) is 25.8 Å². The monoisotopic (exact) mass is 732 g/mol. The number of urea groups is 1. The van der Waals surface area contributed by atoms with Crippen molar-refractivity contribution in [3.63, 3.8) is 0 Å². The lowest BCUT2D eigenvalue weighted by molar-refractivity contribution is -0.153. The van der Waals surface area contributed by atoms with Crippen LogP contribution in [-0.4, -0.2) is 82.4 Å². The van der Waals surface area contributed by atoms with Crippen molar-refractivity contribution in [3.05, 3.63) is 35.9 Å². The molecule has 0 aromatic heterocycles. The Morgan fingerprint density at radius 1 is 0.906 bits per heavy atom. The average molecular weight is 733 g/mol. The number of carbonyl (C=O) groups excluding carboxylic acids is 7. The molecule has 2 saturated heterocycles. The summed E-state index contributed by atoms with van der Waals surface area (Å²) < 4.78 is 0. The minimum absolute atomic E-state index is 0.0134. The molecule has 1 spiro atoms. The number of rotatable bonds is 12. The zero-order valence-corrected chi connectivity index (χ0v) is 31.7. The number of nitrogens with two attached hydrogens (primary N) is 1. The molecule has 288 valence electrons. The van der Waals surface area contributed by atoms with Crippen molar-refractivity contribution in [1.29, 1.82) is 0 Å². The first kappa shape index (κ1) is 38.4. The van der Waals surface area contributed by atoms with E-state index in [4.69, 9.17) is 5.73 Å². The topological polar surface area (TPSA) is 188 Å². The molecule has 0 bridgehead atoms. The highest BCUT2D eigenvalue weighted by molar-refractivity contribution is 6.37. The van der Waals surface area contributed by atoms with E-state index in [1.54, 1.807) is 35.2 Å². The Morgan fingerprint density at radius 3 is 2.09 bits per heavy atom. The Kier molecular flexibility index (Phi) is 10.5. The van der Waals surface area contributed by atoms with Gasteiger partial charge in [0.05, 0.1) is 12.1 Å². The summed E-state index contributed by atoms with van der Waals surface area (Å²) in [6.07, 6.45) is 7.39. The zero-order valence-electron chi connectivity index (χ0n) is 31.7. The van der Waals surface area contributed by atoms with Gasteiger partial charge in [0.25, 0.3) is 11.8 Å². The second kappa shape index (κ2) is 14.5. The SMILES string of the molecule is CC1(C)CC(=O)N(C[C@@H](NC(=O)N[C@H](C(=O)N2C[C@H]3[C@H](CCC34CC4)[C@H]2C(=O)NC(CC2CCC2)C(=O)C(N)=O)c2ccccc2)C(C)(C)C)C(=O)C1. The number of fused-ring (bicyclic) bond motifs is 2. The van der Waals surface area contributed by atoms with Gasteiger partial charge in [-0.15, -0.1) is 0 Å². The lowest BCUT2D eigenvalue weighted by atomic mass is 9.80. The number of ketones is 1. The first-order valence-electron chi connectivity index (χ1n) is 19.3. The Hall–Kier alpha value is -4.29. The van der Waals surface area contributed by atoms with Gasteiger partial charge in [-0.2, -0.15) is 0 Å². The molecule has 1 aromatic rings. The van der Waals surface area contributed by atoms with Gasteiger partial charge in [0, 0.05) is 25.9 Å². The summed E-state index contributed by atoms with van der Waals surface area (Å²) in [4.78, 5) is 96.9. The van der Waals surface area contributed by atoms with E-state index in [0.29, 0.717) is 18.5 Å². The fourth-order valence-electron chi connectivity index (χ4n) is 9.19. The van der Waals surface area contributed by atoms with E-state index in [9.17, 15) is 33.6 Å². The van der Waals surface area contributed by atoms with Crippen molar-refractivity contribution >= 4 is 41.4 Å². The summed E-state index contributed by atoms with van der Waals surface area (Å²) in [5.74, 6) is -3.28. The van der Waals surface area contributed by atoms with Gasteiger partial charge in [0.1, 0.15) is 12.1 Å². The summed E-state index contributed by atoms with van der Waals surface area (Å²) in [6, 6.07) is 4.40. The lowest BCUT2D eigenvalue weighted by Crippen LogP contribution is -2.59. The van der Waals surface area contributed by atoms with Crippen LogP contribution in [0.5, 0.6) is 0 Å². The molecule has 5 fully saturated rings. The highest BCUT2D eigenvalue weighted by atomic mass is 16.2. The number of likely N-dealkylation sites (tertiary alicyclic amines) is 2. The maximum Gasteiger partial charge on any atom is 0.316 e. The van der Waals surface area contributed by atoms with Crippen LogP contribution >= 0.6 is 0 Å². The Bertz CT molecular complexity index is 1630. The van der Waals surface area contributed by atoms with E-state index in [1.165, 1.54) is 4.90 Å². The summed E-state index contributed by atoms with van der Waals surface area (Å²) in [5, 5.41) is 8.70. The summed E-state index contributed by atoms with van der Waals surface area (Å²) in [7, 11) is 0. The number of hydrogen-bond acceptors (Lipinski definition) is 7. The quantitative estimate of drug-likeness (QED) is 0.187. The number of benzene rings is 1. The second-order valence-electron chi connectivity index (χ2n) is 18.2. The molecule has 5 N–H and O–H groups in total. The van der Waals surface area contributed by atoms with Crippen LogP contribution in [-0.2, 0) is 28.8 Å². The number of imide groups is 1. The van der Waals surface area contributed by atoms with Crippen molar-refractivity contribution in [3.8, 4) is 0 Å². The molecule has 3 saturated carbocycles. The van der Waals surface area contributed by atoms with Gasteiger partial charge in [-0.1, -0.05) is 84.2 Å². The number of primary amides is 1. The molecule has 13 heteroatoms. The highest BCUT2D eigenvalue weighted by Gasteiger charge is 2.64. The average Bonchev–Trinajstić information content (AvgIpc) is 3.62. The van der Waals surface area contributed by atoms with Crippen molar-refractivity contribution in [2.45, 2.75) is 123 Å². The molecular formula is C40H56N6O7. The largest absolute Gasteiger partial charge is 0.363 e. The van der Waals surface area contributed by atoms with Crippen LogP contribution in [0.3, 0.4) is 0 Å². The number of hydrogen-bond donors (Lipinski definition) is 4. The number of piperidine rings is 1. The van der Waals surface area contributed by atoms with Crippen molar-refractivity contribution < 1.29 is 33.6 Å². The van der Waals surface area contributed by atoms with Gasteiger partial charge in [-0.3, -0.25) is 33.7 Å². The van der Waals surface area contributed by atoms with Gasteiger partial charge in [0.15, 0.2) is 0 Å². The second-order valence-corrected chi connectivity index (χ2v) is 18.2. The van der Waals surface area contributed by atoms with Crippen LogP contribution < -0.4 is 21.7 Å². The molecule has 13 nitrogen and oxygen atoms in total. The Morgan fingerprint density at radius 2 is 1.55 bits per heavy atom. The summed E-state index contributed by atoms with van der Waals surface area (Å²) in [6.45, 7) is 9.81. The minimum Gasteiger partial charge on any atom is -0.363 e. The highest BCUT2D eigenvalue weighted by Crippen LogP contribution is 2.66. The molecule has 2 heterocycles. The summed E-state index contributed by atoms with van der Waals surface area (Å²) in [5.41, 5.74) is 5.01. The number of carbonyl (C=O) groups is 7. The number of nitrogens with one attached hydrogen (secondary N) is 3. The third-order valence-electron chi connectivity index (χ3n) is 12.8. The van der Waals surface area contributed by atoms with Gasteiger partial charge in [-0.25, -0.2) is 4.79 Å². The molecule has 1 aromatic carbocycles. The van der Waals surface area contributed by atoms with Gasteiger partial charge >= 0.3 is 6.03 Å². The number of nitrogens with zero attached hydrogens (tertiary/aromatic N) is 2. The lowest BCUT2D eigenvalue weighted by Gasteiger charge is -2.40. The first-order chi connectivity index (χ1) is 24.9. The number of Topliss-reactive ketones (excluding diaryl/α,β-unsaturated/α-hetero) is 1. The normalized spacial score (nSPS) is 26.2. The maximum absolute atomic E-state index is 14.8. The van der Waals surface area contributed by atoms with E-state index >= 15 is 0 Å². The van der Waals surface area contributed by atoms with E-state index in [0.717, 1.165) is 44.9 Å². The van der Waals surface area contributed by atoms with Crippen LogP contribution in [0.25, 0.3) is 0 Å². The predicted octanol–water partition coefficient (Wildman–Crippen LogP) is 3.36. The van der Waals surface area contributed by atoms with Crippen LogP contribution in [0.4, 0.5) is 4.79 Å². The predicted molar refractivity (Wildman–Crippen MR) is 195 cm³/mol. The van der Waals surface area contributed by atoms with Crippen LogP contribution in [0, 0.1) is 34.0 Å². The molecule has 7 amide bonds. The summed E-state index contributed by atoms with van der Waals surface area (Å²) >= 11 is 0.